The van der Waals surface area contributed by atoms with Gasteiger partial charge in [0.25, 0.3) is 0 Å². The van der Waals surface area contributed by atoms with E-state index in [1.165, 1.54) is 0 Å². The molecule has 2 aromatic rings. The predicted molar refractivity (Wildman–Crippen MR) is 93.0 cm³/mol. The van der Waals surface area contributed by atoms with E-state index in [9.17, 15) is 9.59 Å². The van der Waals surface area contributed by atoms with Crippen molar-refractivity contribution < 1.29 is 19.1 Å². The summed E-state index contributed by atoms with van der Waals surface area (Å²) >= 11 is 0. The number of hydrogen-bond donors (Lipinski definition) is 0. The fourth-order valence-corrected chi connectivity index (χ4v) is 2.05. The molecule has 0 fully saturated rings. The van der Waals surface area contributed by atoms with Crippen molar-refractivity contribution in [1.82, 2.24) is 0 Å². The number of ether oxygens (including phenoxy) is 2. The molecule has 0 spiro atoms. The second kappa shape index (κ2) is 7.59. The highest BCUT2D eigenvalue weighted by atomic mass is 16.5. The van der Waals surface area contributed by atoms with Crippen LogP contribution >= 0.6 is 0 Å². The highest BCUT2D eigenvalue weighted by molar-refractivity contribution is 5.89. The summed E-state index contributed by atoms with van der Waals surface area (Å²) in [7, 11) is 0. The van der Waals surface area contributed by atoms with E-state index in [0.717, 1.165) is 16.7 Å². The van der Waals surface area contributed by atoms with Gasteiger partial charge in [-0.05, 0) is 54.8 Å². The van der Waals surface area contributed by atoms with Crippen molar-refractivity contribution in [3.8, 4) is 22.6 Å². The van der Waals surface area contributed by atoms with Crippen LogP contribution in [-0.2, 0) is 9.59 Å². The first-order valence-electron chi connectivity index (χ1n) is 7.70. The van der Waals surface area contributed by atoms with E-state index in [1.54, 1.807) is 32.0 Å². The van der Waals surface area contributed by atoms with Crippen LogP contribution < -0.4 is 9.47 Å². The Morgan fingerprint density at radius 1 is 1.00 bits per heavy atom. The van der Waals surface area contributed by atoms with Crippen LogP contribution in [0.2, 0.25) is 0 Å². The van der Waals surface area contributed by atoms with E-state index >= 15 is 0 Å². The van der Waals surface area contributed by atoms with E-state index in [-0.39, 0.29) is 5.97 Å². The molecular weight excluding hydrogens is 304 g/mol. The average Bonchev–Trinajstić information content (AvgIpc) is 2.57. The minimum Gasteiger partial charge on any atom is -0.427 e. The summed E-state index contributed by atoms with van der Waals surface area (Å²) in [6.45, 7) is 8.81. The fraction of sp³-hybridized carbons (Fsp3) is 0.200. The Hall–Kier alpha value is -2.88. The van der Waals surface area contributed by atoms with Crippen LogP contribution in [0.3, 0.4) is 0 Å². The lowest BCUT2D eigenvalue weighted by Crippen LogP contribution is -2.09. The molecule has 0 heterocycles. The molecule has 0 unspecified atom stereocenters. The Balaban J connectivity index is 2.18. The molecule has 4 heteroatoms. The van der Waals surface area contributed by atoms with Gasteiger partial charge in [-0.2, -0.15) is 0 Å². The second-order valence-electron chi connectivity index (χ2n) is 5.50. The molecule has 0 aliphatic rings. The fourth-order valence-electron chi connectivity index (χ4n) is 2.05. The molecule has 0 amide bonds. The van der Waals surface area contributed by atoms with Crippen molar-refractivity contribution in [2.24, 2.45) is 0 Å². The van der Waals surface area contributed by atoms with Crippen molar-refractivity contribution in [2.75, 3.05) is 0 Å². The van der Waals surface area contributed by atoms with Gasteiger partial charge in [0.15, 0.2) is 0 Å². The van der Waals surface area contributed by atoms with Gasteiger partial charge in [-0.3, -0.25) is 4.79 Å². The lowest BCUT2D eigenvalue weighted by Gasteiger charge is -2.10. The molecule has 124 valence electrons. The zero-order valence-electron chi connectivity index (χ0n) is 14.1. The Labute approximate surface area is 141 Å². The molecule has 0 aliphatic carbocycles. The van der Waals surface area contributed by atoms with Gasteiger partial charge in [-0.1, -0.05) is 31.7 Å². The first kappa shape index (κ1) is 17.5. The van der Waals surface area contributed by atoms with Gasteiger partial charge in [-0.25, -0.2) is 4.79 Å². The third kappa shape index (κ3) is 4.32. The van der Waals surface area contributed by atoms with Gasteiger partial charge >= 0.3 is 11.9 Å². The molecule has 0 atom stereocenters. The highest BCUT2D eigenvalue weighted by Crippen LogP contribution is 2.28. The van der Waals surface area contributed by atoms with Crippen LogP contribution in [0.25, 0.3) is 11.1 Å². The van der Waals surface area contributed by atoms with Crippen LogP contribution in [0.15, 0.2) is 54.6 Å². The van der Waals surface area contributed by atoms with E-state index in [4.69, 9.17) is 9.47 Å². The molecule has 0 radical (unpaired) electrons. The first-order valence-corrected chi connectivity index (χ1v) is 7.70. The van der Waals surface area contributed by atoms with Gasteiger partial charge in [0, 0.05) is 12.0 Å². The Bertz CT molecular complexity index is 773. The average molecular weight is 324 g/mol. The Kier molecular flexibility index (Phi) is 5.53. The molecule has 24 heavy (non-hydrogen) atoms. The van der Waals surface area contributed by atoms with Crippen molar-refractivity contribution >= 4 is 11.9 Å². The van der Waals surface area contributed by atoms with E-state index in [1.807, 2.05) is 31.2 Å². The zero-order valence-corrected chi connectivity index (χ0v) is 14.1. The molecular formula is C20H20O4. The number of carbonyl (C=O) groups is 2. The van der Waals surface area contributed by atoms with Gasteiger partial charge in [-0.15, -0.1) is 0 Å². The highest BCUT2D eigenvalue weighted by Gasteiger charge is 2.09. The van der Waals surface area contributed by atoms with Crippen molar-refractivity contribution in [2.45, 2.75) is 27.2 Å². The molecule has 0 saturated carbocycles. The number of benzene rings is 2. The number of esters is 2. The van der Waals surface area contributed by atoms with Crippen LogP contribution in [0.4, 0.5) is 0 Å². The summed E-state index contributed by atoms with van der Waals surface area (Å²) in [6.07, 6.45) is 0.339. The lowest BCUT2D eigenvalue weighted by atomic mass is 10.0. The van der Waals surface area contributed by atoms with Crippen molar-refractivity contribution in [1.29, 1.82) is 0 Å². The minimum absolute atomic E-state index is 0.262. The number of aryl methyl sites for hydroxylation is 1. The van der Waals surface area contributed by atoms with Crippen LogP contribution in [0.5, 0.6) is 11.5 Å². The smallest absolute Gasteiger partial charge is 0.338 e. The second-order valence-corrected chi connectivity index (χ2v) is 5.50. The summed E-state index contributed by atoms with van der Waals surface area (Å²) < 4.78 is 10.4. The molecule has 2 aromatic carbocycles. The quantitative estimate of drug-likeness (QED) is 0.463. The predicted octanol–water partition coefficient (Wildman–Crippen LogP) is 4.46. The summed E-state index contributed by atoms with van der Waals surface area (Å²) in [5.74, 6) is 0.338. The molecule has 0 aromatic heterocycles. The molecule has 0 aliphatic heterocycles. The topological polar surface area (TPSA) is 52.6 Å². The Morgan fingerprint density at radius 3 is 2.17 bits per heavy atom. The monoisotopic (exact) mass is 324 g/mol. The standard InChI is InChI=1S/C20H20O4/c1-5-19(21)23-17-9-6-15(7-10-17)16-8-11-18(14(4)12-16)24-20(22)13(2)3/h6-12H,2,5H2,1,3-4H3. The minimum atomic E-state index is -0.437. The lowest BCUT2D eigenvalue weighted by molar-refractivity contribution is -0.134. The maximum absolute atomic E-state index is 11.6. The summed E-state index contributed by atoms with van der Waals surface area (Å²) in [5.41, 5.74) is 3.17. The SMILES string of the molecule is C=C(C)C(=O)Oc1ccc(-c2ccc(OC(=O)CC)cc2)cc1C. The van der Waals surface area contributed by atoms with E-state index < -0.39 is 5.97 Å². The Morgan fingerprint density at radius 2 is 1.62 bits per heavy atom. The van der Waals surface area contributed by atoms with Crippen LogP contribution in [0, 0.1) is 6.92 Å². The molecule has 4 nitrogen and oxygen atoms in total. The van der Waals surface area contributed by atoms with Crippen molar-refractivity contribution in [3.05, 3.63) is 60.2 Å². The first-order chi connectivity index (χ1) is 11.4. The van der Waals surface area contributed by atoms with Gasteiger partial charge in [0.2, 0.25) is 0 Å². The summed E-state index contributed by atoms with van der Waals surface area (Å²) in [6, 6.07) is 12.9. The number of carbonyl (C=O) groups excluding carboxylic acids is 2. The molecule has 2 rings (SSSR count). The molecule has 0 N–H and O–H groups in total. The van der Waals surface area contributed by atoms with E-state index in [2.05, 4.69) is 6.58 Å². The maximum Gasteiger partial charge on any atom is 0.338 e. The normalized spacial score (nSPS) is 10.1. The van der Waals surface area contributed by atoms with E-state index in [0.29, 0.717) is 23.5 Å². The number of hydrogen-bond acceptors (Lipinski definition) is 4. The summed E-state index contributed by atoms with van der Waals surface area (Å²) in [5, 5.41) is 0. The van der Waals surface area contributed by atoms with Crippen molar-refractivity contribution in [3.63, 3.8) is 0 Å². The largest absolute Gasteiger partial charge is 0.427 e. The van der Waals surface area contributed by atoms with Crippen LogP contribution in [0.1, 0.15) is 25.8 Å². The third-order valence-electron chi connectivity index (χ3n) is 3.43. The molecule has 0 bridgehead atoms. The van der Waals surface area contributed by atoms with Gasteiger partial charge < -0.3 is 9.47 Å². The van der Waals surface area contributed by atoms with Gasteiger partial charge in [0.05, 0.1) is 0 Å². The zero-order chi connectivity index (χ0) is 17.7. The number of rotatable bonds is 5. The third-order valence-corrected chi connectivity index (χ3v) is 3.43. The summed E-state index contributed by atoms with van der Waals surface area (Å²) in [4.78, 5) is 22.9. The maximum atomic E-state index is 11.6. The van der Waals surface area contributed by atoms with Crippen LogP contribution in [-0.4, -0.2) is 11.9 Å². The van der Waals surface area contributed by atoms with Gasteiger partial charge in [0.1, 0.15) is 11.5 Å². The molecule has 0 saturated heterocycles.